The Morgan fingerprint density at radius 1 is 1.10 bits per heavy atom. The van der Waals surface area contributed by atoms with Crippen molar-refractivity contribution in [1.29, 1.82) is 0 Å². The summed E-state index contributed by atoms with van der Waals surface area (Å²) in [6.07, 6.45) is 2.96. The van der Waals surface area contributed by atoms with Gasteiger partial charge in [0.15, 0.2) is 0 Å². The molecule has 1 fully saturated rings. The van der Waals surface area contributed by atoms with E-state index in [2.05, 4.69) is 0 Å². The lowest BCUT2D eigenvalue weighted by Crippen LogP contribution is -2.46. The molecule has 0 amide bonds. The predicted molar refractivity (Wildman–Crippen MR) is 84.5 cm³/mol. The van der Waals surface area contributed by atoms with Crippen LogP contribution in [0.4, 0.5) is 0 Å². The minimum absolute atomic E-state index is 0.109. The molecule has 0 bridgehead atoms. The van der Waals surface area contributed by atoms with Gasteiger partial charge in [0.1, 0.15) is 0 Å². The fourth-order valence-corrected chi connectivity index (χ4v) is 4.76. The summed E-state index contributed by atoms with van der Waals surface area (Å²) >= 11 is 0. The topological polar surface area (TPSA) is 63.4 Å². The molecule has 0 atom stereocenters. The van der Waals surface area contributed by atoms with Crippen LogP contribution < -0.4 is 5.73 Å². The molecule has 3 rings (SSSR count). The monoisotopic (exact) mass is 304 g/mol. The maximum atomic E-state index is 13.0. The zero-order valence-electron chi connectivity index (χ0n) is 11.9. The van der Waals surface area contributed by atoms with Crippen LogP contribution >= 0.6 is 0 Å². The first kappa shape index (κ1) is 14.5. The van der Waals surface area contributed by atoms with Gasteiger partial charge in [-0.05, 0) is 24.3 Å². The third-order valence-electron chi connectivity index (χ3n) is 4.17. The van der Waals surface area contributed by atoms with Crippen LogP contribution in [0.2, 0.25) is 0 Å². The van der Waals surface area contributed by atoms with Crippen LogP contribution in [-0.2, 0) is 10.0 Å². The van der Waals surface area contributed by atoms with Gasteiger partial charge in [-0.3, -0.25) is 0 Å². The largest absolute Gasteiger partial charge is 0.329 e. The number of nitrogens with two attached hydrogens (primary N) is 1. The van der Waals surface area contributed by atoms with E-state index in [0.717, 1.165) is 30.0 Å². The lowest BCUT2D eigenvalue weighted by molar-refractivity contribution is 0.223. The molecule has 0 spiro atoms. The van der Waals surface area contributed by atoms with Crippen molar-refractivity contribution in [2.24, 2.45) is 5.73 Å². The van der Waals surface area contributed by atoms with Crippen molar-refractivity contribution in [1.82, 2.24) is 4.31 Å². The van der Waals surface area contributed by atoms with Crippen LogP contribution in [0, 0.1) is 0 Å². The van der Waals surface area contributed by atoms with Crippen LogP contribution in [0.3, 0.4) is 0 Å². The van der Waals surface area contributed by atoms with Crippen LogP contribution in [0.25, 0.3) is 10.8 Å². The predicted octanol–water partition coefficient (Wildman–Crippen LogP) is 2.34. The molecule has 2 aromatic rings. The molecule has 5 heteroatoms. The van der Waals surface area contributed by atoms with Crippen LogP contribution in [0.1, 0.15) is 19.3 Å². The van der Waals surface area contributed by atoms with E-state index in [-0.39, 0.29) is 6.04 Å². The van der Waals surface area contributed by atoms with Crippen molar-refractivity contribution >= 4 is 20.8 Å². The van der Waals surface area contributed by atoms with Crippen molar-refractivity contribution < 1.29 is 8.42 Å². The first-order valence-corrected chi connectivity index (χ1v) is 8.78. The highest BCUT2D eigenvalue weighted by Crippen LogP contribution is 2.32. The number of rotatable bonds is 5. The summed E-state index contributed by atoms with van der Waals surface area (Å²) in [6, 6.07) is 13.1. The van der Waals surface area contributed by atoms with Crippen molar-refractivity contribution in [2.45, 2.75) is 30.2 Å². The number of sulfonamides is 1. The summed E-state index contributed by atoms with van der Waals surface area (Å²) in [7, 11) is -3.50. The number of nitrogens with zero attached hydrogens (tertiary/aromatic N) is 1. The summed E-state index contributed by atoms with van der Waals surface area (Å²) < 4.78 is 27.7. The van der Waals surface area contributed by atoms with Gasteiger partial charge in [0, 0.05) is 24.5 Å². The standard InChI is InChI=1S/C16H20N2O2S/c17-11-12-18(14-7-4-8-14)21(19,20)16-10-3-6-13-5-1-2-9-15(13)16/h1-3,5-6,9-10,14H,4,7-8,11-12,17H2. The summed E-state index contributed by atoms with van der Waals surface area (Å²) in [5.41, 5.74) is 5.63. The minimum Gasteiger partial charge on any atom is -0.329 e. The Kier molecular flexibility index (Phi) is 3.97. The first-order chi connectivity index (χ1) is 10.1. The van der Waals surface area contributed by atoms with Gasteiger partial charge in [0.25, 0.3) is 0 Å². The van der Waals surface area contributed by atoms with Gasteiger partial charge >= 0.3 is 0 Å². The van der Waals surface area contributed by atoms with Crippen molar-refractivity contribution in [2.75, 3.05) is 13.1 Å². The van der Waals surface area contributed by atoms with Crippen LogP contribution in [0.5, 0.6) is 0 Å². The van der Waals surface area contributed by atoms with Gasteiger partial charge in [-0.25, -0.2) is 8.42 Å². The molecule has 2 N–H and O–H groups in total. The van der Waals surface area contributed by atoms with E-state index in [9.17, 15) is 8.42 Å². The summed E-state index contributed by atoms with van der Waals surface area (Å²) in [5.74, 6) is 0. The number of fused-ring (bicyclic) bond motifs is 1. The second-order valence-corrected chi connectivity index (χ2v) is 7.33. The highest BCUT2D eigenvalue weighted by Gasteiger charge is 2.34. The zero-order chi connectivity index (χ0) is 14.9. The second kappa shape index (κ2) is 5.75. The van der Waals surface area contributed by atoms with Crippen LogP contribution in [-0.4, -0.2) is 31.9 Å². The van der Waals surface area contributed by atoms with E-state index >= 15 is 0 Å². The van der Waals surface area contributed by atoms with E-state index < -0.39 is 10.0 Å². The molecule has 112 valence electrons. The summed E-state index contributed by atoms with van der Waals surface area (Å²) in [4.78, 5) is 0.390. The molecule has 2 aromatic carbocycles. The Bertz CT molecular complexity index is 734. The van der Waals surface area contributed by atoms with Gasteiger partial charge in [0.05, 0.1) is 4.90 Å². The molecule has 0 aromatic heterocycles. The molecular weight excluding hydrogens is 284 g/mol. The lowest BCUT2D eigenvalue weighted by atomic mass is 9.93. The molecule has 1 aliphatic carbocycles. The second-order valence-electron chi connectivity index (χ2n) is 5.47. The Labute approximate surface area is 125 Å². The molecule has 4 nitrogen and oxygen atoms in total. The van der Waals surface area contributed by atoms with Crippen molar-refractivity contribution in [3.05, 3.63) is 42.5 Å². The Morgan fingerprint density at radius 3 is 2.48 bits per heavy atom. The fourth-order valence-electron chi connectivity index (χ4n) is 2.85. The molecule has 0 radical (unpaired) electrons. The number of hydrogen-bond donors (Lipinski definition) is 1. The maximum Gasteiger partial charge on any atom is 0.243 e. The first-order valence-electron chi connectivity index (χ1n) is 7.34. The van der Waals surface area contributed by atoms with Crippen LogP contribution in [0.15, 0.2) is 47.4 Å². The van der Waals surface area contributed by atoms with Gasteiger partial charge in [0.2, 0.25) is 10.0 Å². The molecule has 0 aliphatic heterocycles. The average Bonchev–Trinajstić information content (AvgIpc) is 2.44. The van der Waals surface area contributed by atoms with E-state index in [1.54, 1.807) is 16.4 Å². The molecule has 0 unspecified atom stereocenters. The zero-order valence-corrected chi connectivity index (χ0v) is 12.7. The molecule has 0 saturated heterocycles. The molecule has 0 heterocycles. The summed E-state index contributed by atoms with van der Waals surface area (Å²) in [6.45, 7) is 0.733. The quantitative estimate of drug-likeness (QED) is 0.922. The molecular formula is C16H20N2O2S. The smallest absolute Gasteiger partial charge is 0.243 e. The van der Waals surface area contributed by atoms with E-state index in [1.165, 1.54) is 0 Å². The third-order valence-corrected chi connectivity index (χ3v) is 6.18. The Morgan fingerprint density at radius 2 is 1.81 bits per heavy atom. The summed E-state index contributed by atoms with van der Waals surface area (Å²) in [5, 5.41) is 1.72. The number of benzene rings is 2. The highest BCUT2D eigenvalue weighted by molar-refractivity contribution is 7.89. The van der Waals surface area contributed by atoms with Gasteiger partial charge < -0.3 is 5.73 Å². The fraction of sp³-hybridized carbons (Fsp3) is 0.375. The Balaban J connectivity index is 2.10. The SMILES string of the molecule is NCCN(C1CCC1)S(=O)(=O)c1cccc2ccccc12. The van der Waals surface area contributed by atoms with E-state index in [4.69, 9.17) is 5.73 Å². The van der Waals surface area contributed by atoms with Gasteiger partial charge in [-0.1, -0.05) is 42.8 Å². The molecule has 1 aliphatic rings. The van der Waals surface area contributed by atoms with Gasteiger partial charge in [-0.2, -0.15) is 4.31 Å². The molecule has 1 saturated carbocycles. The minimum atomic E-state index is -3.50. The third kappa shape index (κ3) is 2.57. The maximum absolute atomic E-state index is 13.0. The van der Waals surface area contributed by atoms with Gasteiger partial charge in [-0.15, -0.1) is 0 Å². The highest BCUT2D eigenvalue weighted by atomic mass is 32.2. The molecule has 21 heavy (non-hydrogen) atoms. The van der Waals surface area contributed by atoms with E-state index in [1.807, 2.05) is 30.3 Å². The number of hydrogen-bond acceptors (Lipinski definition) is 3. The average molecular weight is 304 g/mol. The normalized spacial score (nSPS) is 16.3. The van der Waals surface area contributed by atoms with Crippen molar-refractivity contribution in [3.8, 4) is 0 Å². The Hall–Kier alpha value is -1.43. The van der Waals surface area contributed by atoms with Crippen molar-refractivity contribution in [3.63, 3.8) is 0 Å². The van der Waals surface area contributed by atoms with E-state index in [0.29, 0.717) is 18.0 Å². The lowest BCUT2D eigenvalue weighted by Gasteiger charge is -2.36.